The van der Waals surface area contributed by atoms with Gasteiger partial charge in [-0.05, 0) is 29.8 Å². The molecular formula is C20H15Cl2NO2S2. The van der Waals surface area contributed by atoms with Crippen LogP contribution in [0.1, 0.15) is 11.1 Å². The van der Waals surface area contributed by atoms with Gasteiger partial charge in [0.25, 0.3) is 5.91 Å². The molecule has 1 amide bonds. The highest BCUT2D eigenvalue weighted by Crippen LogP contribution is 2.34. The van der Waals surface area contributed by atoms with Crippen LogP contribution >= 0.6 is 47.2 Å². The van der Waals surface area contributed by atoms with Crippen LogP contribution in [0, 0.1) is 0 Å². The molecule has 0 bridgehead atoms. The van der Waals surface area contributed by atoms with Gasteiger partial charge in [0.05, 0.1) is 15.0 Å². The summed E-state index contributed by atoms with van der Waals surface area (Å²) in [6.45, 7) is 4.39. The normalized spacial score (nSPS) is 15.5. The molecule has 1 heterocycles. The van der Waals surface area contributed by atoms with Crippen LogP contribution in [0.5, 0.6) is 5.75 Å². The van der Waals surface area contributed by atoms with Crippen molar-refractivity contribution in [1.29, 1.82) is 0 Å². The zero-order valence-electron chi connectivity index (χ0n) is 14.2. The number of carbonyl (C=O) groups excluding carboxylic acids is 1. The van der Waals surface area contributed by atoms with Crippen molar-refractivity contribution >= 4 is 63.5 Å². The van der Waals surface area contributed by atoms with Gasteiger partial charge in [0.15, 0.2) is 0 Å². The second-order valence-electron chi connectivity index (χ2n) is 5.66. The second-order valence-corrected chi connectivity index (χ2v) is 8.15. The first-order chi connectivity index (χ1) is 13.0. The van der Waals surface area contributed by atoms with Gasteiger partial charge in [-0.2, -0.15) is 0 Å². The van der Waals surface area contributed by atoms with Gasteiger partial charge in [-0.3, -0.25) is 9.69 Å². The van der Waals surface area contributed by atoms with Crippen molar-refractivity contribution in [2.24, 2.45) is 0 Å². The minimum absolute atomic E-state index is 0.121. The van der Waals surface area contributed by atoms with E-state index in [0.717, 1.165) is 11.1 Å². The molecule has 3 rings (SSSR count). The molecule has 0 aromatic heterocycles. The molecular weight excluding hydrogens is 421 g/mol. The topological polar surface area (TPSA) is 29.5 Å². The first-order valence-electron chi connectivity index (χ1n) is 8.01. The van der Waals surface area contributed by atoms with Gasteiger partial charge in [-0.25, -0.2) is 0 Å². The highest BCUT2D eigenvalue weighted by molar-refractivity contribution is 8.26. The minimum Gasteiger partial charge on any atom is -0.488 e. The summed E-state index contributed by atoms with van der Waals surface area (Å²) in [5.74, 6) is 0.543. The molecule has 0 atom stereocenters. The zero-order valence-corrected chi connectivity index (χ0v) is 17.3. The number of amides is 1. The molecule has 3 nitrogen and oxygen atoms in total. The molecule has 1 saturated heterocycles. The van der Waals surface area contributed by atoms with E-state index in [4.69, 9.17) is 40.2 Å². The number of carbonyl (C=O) groups is 1. The van der Waals surface area contributed by atoms with Crippen LogP contribution < -0.4 is 4.74 Å². The van der Waals surface area contributed by atoms with E-state index in [1.165, 1.54) is 16.7 Å². The van der Waals surface area contributed by atoms with Gasteiger partial charge >= 0.3 is 0 Å². The van der Waals surface area contributed by atoms with Crippen molar-refractivity contribution in [1.82, 2.24) is 4.90 Å². The fourth-order valence-electron chi connectivity index (χ4n) is 2.45. The van der Waals surface area contributed by atoms with Gasteiger partial charge < -0.3 is 4.74 Å². The number of halogens is 2. The van der Waals surface area contributed by atoms with E-state index in [1.54, 1.807) is 24.3 Å². The zero-order chi connectivity index (χ0) is 19.4. The number of rotatable bonds is 6. The average molecular weight is 436 g/mol. The van der Waals surface area contributed by atoms with Crippen molar-refractivity contribution in [2.75, 3.05) is 6.54 Å². The fourth-order valence-corrected chi connectivity index (χ4v) is 4.04. The minimum atomic E-state index is -0.121. The summed E-state index contributed by atoms with van der Waals surface area (Å²) in [7, 11) is 0. The summed E-state index contributed by atoms with van der Waals surface area (Å²) in [5, 5.41) is 0.985. The van der Waals surface area contributed by atoms with Crippen LogP contribution in [-0.2, 0) is 11.4 Å². The Labute approximate surface area is 177 Å². The number of ether oxygens (including phenoxy) is 1. The highest BCUT2D eigenvalue weighted by atomic mass is 35.5. The Kier molecular flexibility index (Phi) is 6.60. The third-order valence-electron chi connectivity index (χ3n) is 3.77. The van der Waals surface area contributed by atoms with Gasteiger partial charge in [-0.1, -0.05) is 77.5 Å². The number of thioether (sulfide) groups is 1. The lowest BCUT2D eigenvalue weighted by Gasteiger charge is -2.11. The van der Waals surface area contributed by atoms with Crippen molar-refractivity contribution in [2.45, 2.75) is 6.61 Å². The van der Waals surface area contributed by atoms with Crippen molar-refractivity contribution in [3.8, 4) is 5.75 Å². The summed E-state index contributed by atoms with van der Waals surface area (Å²) < 4.78 is 6.46. The van der Waals surface area contributed by atoms with Crippen LogP contribution in [0.3, 0.4) is 0 Å². The summed E-state index contributed by atoms with van der Waals surface area (Å²) in [5.41, 5.74) is 1.70. The van der Waals surface area contributed by atoms with Gasteiger partial charge in [0.2, 0.25) is 0 Å². The molecule has 0 radical (unpaired) electrons. The molecule has 138 valence electrons. The number of nitrogens with zero attached hydrogens (tertiary/aromatic N) is 1. The molecule has 2 aromatic carbocycles. The molecule has 1 fully saturated rings. The SMILES string of the molecule is C=CCN1C(=O)C(=Cc2ccccc2OCc2ccc(Cl)c(Cl)c2)SC1=S. The third-order valence-corrected chi connectivity index (χ3v) is 5.89. The highest BCUT2D eigenvalue weighted by Gasteiger charge is 2.31. The first kappa shape index (κ1) is 20.0. The van der Waals surface area contributed by atoms with E-state index in [-0.39, 0.29) is 5.91 Å². The Hall–Kier alpha value is -1.79. The monoisotopic (exact) mass is 435 g/mol. The fraction of sp³-hybridized carbons (Fsp3) is 0.100. The van der Waals surface area contributed by atoms with Crippen molar-refractivity contribution in [3.63, 3.8) is 0 Å². The Morgan fingerprint density at radius 3 is 2.70 bits per heavy atom. The molecule has 0 spiro atoms. The number of hydrogen-bond donors (Lipinski definition) is 0. The Morgan fingerprint density at radius 1 is 1.19 bits per heavy atom. The van der Waals surface area contributed by atoms with Crippen molar-refractivity contribution < 1.29 is 9.53 Å². The van der Waals surface area contributed by atoms with E-state index in [9.17, 15) is 4.79 Å². The summed E-state index contributed by atoms with van der Waals surface area (Å²) in [6, 6.07) is 12.9. The predicted molar refractivity (Wildman–Crippen MR) is 117 cm³/mol. The lowest BCUT2D eigenvalue weighted by Crippen LogP contribution is -2.27. The molecule has 1 aliphatic heterocycles. The first-order valence-corrected chi connectivity index (χ1v) is 9.99. The summed E-state index contributed by atoms with van der Waals surface area (Å²) in [6.07, 6.45) is 3.45. The van der Waals surface area contributed by atoms with E-state index in [2.05, 4.69) is 6.58 Å². The van der Waals surface area contributed by atoms with E-state index >= 15 is 0 Å². The third kappa shape index (κ3) is 4.74. The molecule has 0 saturated carbocycles. The quantitative estimate of drug-likeness (QED) is 0.318. The van der Waals surface area contributed by atoms with E-state index in [1.807, 2.05) is 30.3 Å². The lowest BCUT2D eigenvalue weighted by atomic mass is 10.1. The largest absolute Gasteiger partial charge is 0.488 e. The summed E-state index contributed by atoms with van der Waals surface area (Å²) in [4.78, 5) is 14.6. The molecule has 0 aliphatic carbocycles. The van der Waals surface area contributed by atoms with Crippen LogP contribution in [0.4, 0.5) is 0 Å². The van der Waals surface area contributed by atoms with Crippen LogP contribution in [-0.4, -0.2) is 21.7 Å². The summed E-state index contributed by atoms with van der Waals surface area (Å²) >= 11 is 18.5. The van der Waals surface area contributed by atoms with E-state index in [0.29, 0.717) is 38.2 Å². The molecule has 2 aromatic rings. The van der Waals surface area contributed by atoms with Crippen LogP contribution in [0.2, 0.25) is 10.0 Å². The Balaban J connectivity index is 1.80. The van der Waals surface area contributed by atoms with Crippen molar-refractivity contribution in [3.05, 3.63) is 81.2 Å². The predicted octanol–water partition coefficient (Wildman–Crippen LogP) is 5.96. The Morgan fingerprint density at radius 2 is 1.96 bits per heavy atom. The number of para-hydroxylation sites is 1. The van der Waals surface area contributed by atoms with Crippen LogP contribution in [0.25, 0.3) is 6.08 Å². The standard InChI is InChI=1S/C20H15Cl2NO2S2/c1-2-9-23-19(24)18(27-20(23)26)11-14-5-3-4-6-17(14)25-12-13-7-8-15(21)16(22)10-13/h2-8,10-11H,1,9,12H2. The average Bonchev–Trinajstić information content (AvgIpc) is 2.91. The van der Waals surface area contributed by atoms with Gasteiger partial charge in [0, 0.05) is 12.1 Å². The van der Waals surface area contributed by atoms with E-state index < -0.39 is 0 Å². The van der Waals surface area contributed by atoms with Crippen LogP contribution in [0.15, 0.2) is 60.0 Å². The van der Waals surface area contributed by atoms with Gasteiger partial charge in [-0.15, -0.1) is 6.58 Å². The maximum atomic E-state index is 12.5. The molecule has 27 heavy (non-hydrogen) atoms. The maximum absolute atomic E-state index is 12.5. The Bertz CT molecular complexity index is 943. The number of benzene rings is 2. The molecule has 0 unspecified atom stereocenters. The molecule has 0 N–H and O–H groups in total. The lowest BCUT2D eigenvalue weighted by molar-refractivity contribution is -0.121. The smallest absolute Gasteiger partial charge is 0.266 e. The molecule has 1 aliphatic rings. The number of thiocarbonyl (C=S) groups is 1. The van der Waals surface area contributed by atoms with Gasteiger partial charge in [0.1, 0.15) is 16.7 Å². The number of hydrogen-bond acceptors (Lipinski definition) is 4. The maximum Gasteiger partial charge on any atom is 0.266 e. The second kappa shape index (κ2) is 8.93. The molecule has 7 heteroatoms.